The van der Waals surface area contributed by atoms with E-state index in [0.717, 1.165) is 72.1 Å². The van der Waals surface area contributed by atoms with E-state index in [0.29, 0.717) is 5.84 Å². The number of benzene rings is 9. The molecule has 1 aliphatic heterocycles. The molecule has 0 fully saturated rings. The van der Waals surface area contributed by atoms with Gasteiger partial charge in [0.05, 0.1) is 11.0 Å². The molecule has 0 amide bonds. The third-order valence-corrected chi connectivity index (χ3v) is 12.0. The molecule has 0 bridgehead atoms. The van der Waals surface area contributed by atoms with Crippen LogP contribution in [0.1, 0.15) is 22.9 Å². The van der Waals surface area contributed by atoms with Crippen molar-refractivity contribution in [3.63, 3.8) is 0 Å². The molecule has 5 heteroatoms. The number of aromatic nitrogens is 1. The van der Waals surface area contributed by atoms with Gasteiger partial charge in [-0.3, -0.25) is 0 Å². The molecule has 1 unspecified atom stereocenters. The first kappa shape index (κ1) is 33.4. The first-order valence-electron chi connectivity index (χ1n) is 20.1. The molecule has 12 rings (SSSR count). The molecule has 9 aromatic carbocycles. The van der Waals surface area contributed by atoms with E-state index in [-0.39, 0.29) is 6.17 Å². The maximum absolute atomic E-state index is 6.54. The van der Waals surface area contributed by atoms with Crippen LogP contribution in [0.4, 0.5) is 0 Å². The minimum absolute atomic E-state index is 0.266. The summed E-state index contributed by atoms with van der Waals surface area (Å²) in [6, 6.07) is 69.0. The van der Waals surface area contributed by atoms with Gasteiger partial charge in [-0.1, -0.05) is 140 Å². The van der Waals surface area contributed by atoms with E-state index in [2.05, 4.69) is 205 Å². The second kappa shape index (κ2) is 13.2. The van der Waals surface area contributed by atoms with Gasteiger partial charge < -0.3 is 13.9 Å². The van der Waals surface area contributed by atoms with Crippen molar-refractivity contribution in [2.24, 2.45) is 9.98 Å². The number of rotatable bonds is 5. The summed E-state index contributed by atoms with van der Waals surface area (Å²) in [5.74, 6) is 1.56. The fraction of sp³-hybridized carbons (Fsp3) is 0.0370. The molecule has 0 N–H and O–H groups in total. The molecule has 3 heterocycles. The van der Waals surface area contributed by atoms with Crippen LogP contribution in [-0.2, 0) is 0 Å². The lowest BCUT2D eigenvalue weighted by Gasteiger charge is -2.33. The Kier molecular flexibility index (Phi) is 7.44. The van der Waals surface area contributed by atoms with E-state index in [9.17, 15) is 0 Å². The maximum Gasteiger partial charge on any atom is 0.159 e. The minimum atomic E-state index is -0.266. The number of para-hydroxylation sites is 1. The number of furan rings is 1. The van der Waals surface area contributed by atoms with Crippen LogP contribution in [0.25, 0.3) is 82.1 Å². The lowest BCUT2D eigenvalue weighted by Crippen LogP contribution is -2.36. The average molecular weight is 757 g/mol. The highest BCUT2D eigenvalue weighted by molar-refractivity contribution is 6.22. The molecule has 0 saturated heterocycles. The van der Waals surface area contributed by atoms with E-state index in [1.165, 1.54) is 32.6 Å². The Labute approximate surface area is 340 Å². The van der Waals surface area contributed by atoms with Gasteiger partial charge in [-0.05, 0) is 92.8 Å². The van der Waals surface area contributed by atoms with Gasteiger partial charge in [0.25, 0.3) is 0 Å². The monoisotopic (exact) mass is 756 g/mol. The number of fused-ring (bicyclic) bond motifs is 9. The van der Waals surface area contributed by atoms with Crippen LogP contribution in [0.15, 0.2) is 209 Å². The number of aliphatic imine (C=N–C) groups is 2. The van der Waals surface area contributed by atoms with Gasteiger partial charge in [0.1, 0.15) is 23.2 Å². The molecule has 0 aliphatic carbocycles. The Morgan fingerprint density at radius 2 is 1.19 bits per heavy atom. The topological polar surface area (TPSA) is 46.0 Å². The summed E-state index contributed by atoms with van der Waals surface area (Å²) in [7, 11) is 2.09. The van der Waals surface area contributed by atoms with Crippen molar-refractivity contribution < 1.29 is 4.42 Å². The van der Waals surface area contributed by atoms with Crippen LogP contribution in [0, 0.1) is 0 Å². The molecular formula is C54H36N4O. The van der Waals surface area contributed by atoms with Crippen molar-refractivity contribution in [3.8, 4) is 16.8 Å². The normalized spacial score (nSPS) is 14.5. The van der Waals surface area contributed by atoms with Crippen molar-refractivity contribution in [3.05, 3.63) is 211 Å². The van der Waals surface area contributed by atoms with Crippen molar-refractivity contribution in [1.29, 1.82) is 0 Å². The summed E-state index contributed by atoms with van der Waals surface area (Å²) in [5, 5.41) is 9.39. The molecule has 1 atom stereocenters. The van der Waals surface area contributed by atoms with Crippen molar-refractivity contribution in [1.82, 2.24) is 9.47 Å². The summed E-state index contributed by atoms with van der Waals surface area (Å²) < 4.78 is 8.94. The molecule has 1 aliphatic rings. The van der Waals surface area contributed by atoms with E-state index in [1.54, 1.807) is 0 Å². The lowest BCUT2D eigenvalue weighted by molar-refractivity contribution is 0.383. The standard InChI is InChI=1S/C54H36N4O/c1-57-53(35-16-6-3-7-17-35)55-52(56-54(57)44-22-11-10-20-41(44)34-14-4-2-5-15-34)39-25-28-49-46(32-39)51-42-27-26-40(30-38(42)24-29-50(51)59-49)58-47-23-13-12-21-43(47)45-31-36-18-8-9-19-37(36)33-48(45)58/h2-33,53H,1H3. The van der Waals surface area contributed by atoms with Crippen LogP contribution in [0.5, 0.6) is 0 Å². The lowest BCUT2D eigenvalue weighted by atomic mass is 9.97. The summed E-state index contributed by atoms with van der Waals surface area (Å²) >= 11 is 0. The van der Waals surface area contributed by atoms with Gasteiger partial charge in [0.15, 0.2) is 5.84 Å². The number of amidine groups is 2. The maximum atomic E-state index is 6.54. The van der Waals surface area contributed by atoms with Crippen LogP contribution >= 0.6 is 0 Å². The molecule has 0 radical (unpaired) electrons. The minimum Gasteiger partial charge on any atom is -0.456 e. The smallest absolute Gasteiger partial charge is 0.159 e. The Bertz CT molecular complexity index is 3520. The van der Waals surface area contributed by atoms with Gasteiger partial charge in [-0.2, -0.15) is 0 Å². The van der Waals surface area contributed by atoms with Gasteiger partial charge >= 0.3 is 0 Å². The first-order valence-corrected chi connectivity index (χ1v) is 20.1. The van der Waals surface area contributed by atoms with Crippen LogP contribution < -0.4 is 0 Å². The van der Waals surface area contributed by atoms with Gasteiger partial charge in [0.2, 0.25) is 0 Å². The zero-order valence-corrected chi connectivity index (χ0v) is 32.2. The molecule has 11 aromatic rings. The number of nitrogens with zero attached hydrogens (tertiary/aromatic N) is 4. The Morgan fingerprint density at radius 3 is 2.03 bits per heavy atom. The van der Waals surface area contributed by atoms with Gasteiger partial charge in [-0.15, -0.1) is 0 Å². The van der Waals surface area contributed by atoms with Crippen LogP contribution in [0.2, 0.25) is 0 Å². The summed E-state index contributed by atoms with van der Waals surface area (Å²) in [6.07, 6.45) is -0.266. The average Bonchev–Trinajstić information content (AvgIpc) is 3.84. The third kappa shape index (κ3) is 5.32. The predicted octanol–water partition coefficient (Wildman–Crippen LogP) is 13.5. The zero-order chi connectivity index (χ0) is 39.0. The van der Waals surface area contributed by atoms with E-state index < -0.39 is 0 Å². The zero-order valence-electron chi connectivity index (χ0n) is 32.2. The van der Waals surface area contributed by atoms with Crippen LogP contribution in [-0.4, -0.2) is 28.2 Å². The van der Waals surface area contributed by atoms with E-state index in [1.807, 2.05) is 6.07 Å². The molecular weight excluding hydrogens is 721 g/mol. The van der Waals surface area contributed by atoms with Crippen molar-refractivity contribution in [2.45, 2.75) is 6.17 Å². The molecule has 59 heavy (non-hydrogen) atoms. The second-order valence-corrected chi connectivity index (χ2v) is 15.4. The molecule has 5 nitrogen and oxygen atoms in total. The first-order chi connectivity index (χ1) is 29.2. The summed E-state index contributed by atoms with van der Waals surface area (Å²) in [6.45, 7) is 0. The Balaban J connectivity index is 1.02. The highest BCUT2D eigenvalue weighted by atomic mass is 16.3. The summed E-state index contributed by atoms with van der Waals surface area (Å²) in [5.41, 5.74) is 10.6. The largest absolute Gasteiger partial charge is 0.456 e. The second-order valence-electron chi connectivity index (χ2n) is 15.4. The SMILES string of the molecule is CN1C(c2ccccc2-c2ccccc2)=NC(c2ccc3oc4ccc5cc(-n6c7ccccc7c7cc8ccccc8cc76)ccc5c4c3c2)=NC1c1ccccc1. The fourth-order valence-electron chi connectivity index (χ4n) is 9.19. The van der Waals surface area contributed by atoms with Crippen molar-refractivity contribution >= 4 is 77.0 Å². The molecule has 278 valence electrons. The summed E-state index contributed by atoms with van der Waals surface area (Å²) in [4.78, 5) is 12.9. The molecule has 2 aromatic heterocycles. The Hall–Kier alpha value is -7.76. The number of hydrogen-bond acceptors (Lipinski definition) is 4. The third-order valence-electron chi connectivity index (χ3n) is 12.0. The van der Waals surface area contributed by atoms with E-state index >= 15 is 0 Å². The predicted molar refractivity (Wildman–Crippen MR) is 245 cm³/mol. The quantitative estimate of drug-likeness (QED) is 0.176. The van der Waals surface area contributed by atoms with Crippen molar-refractivity contribution in [2.75, 3.05) is 7.05 Å². The molecule has 0 saturated carbocycles. The Morgan fingerprint density at radius 1 is 0.475 bits per heavy atom. The van der Waals surface area contributed by atoms with Gasteiger partial charge in [-0.25, -0.2) is 9.98 Å². The van der Waals surface area contributed by atoms with E-state index in [4.69, 9.17) is 14.4 Å². The molecule has 0 spiro atoms. The fourth-order valence-corrected chi connectivity index (χ4v) is 9.19. The van der Waals surface area contributed by atoms with Gasteiger partial charge in [0, 0.05) is 45.4 Å². The van der Waals surface area contributed by atoms with Crippen LogP contribution in [0.3, 0.4) is 0 Å². The highest BCUT2D eigenvalue weighted by Crippen LogP contribution is 2.40. The highest BCUT2D eigenvalue weighted by Gasteiger charge is 2.28. The number of hydrogen-bond donors (Lipinski definition) is 0.